The Labute approximate surface area is 203 Å². The highest BCUT2D eigenvalue weighted by Gasteiger charge is 2.29. The van der Waals surface area contributed by atoms with Gasteiger partial charge >= 0.3 is 0 Å². The molecule has 7 heteroatoms. The number of rotatable bonds is 7. The van der Waals surface area contributed by atoms with E-state index in [1.54, 1.807) is 19.4 Å². The molecule has 2 heterocycles. The standard InChI is InChI=1S/C28H29F3N2O2/c1-35-24-5-7-28-26(16-24)25(8-10-32-28)27(31)6-4-20-9-12-33(17-21(20)18-34)11-2-3-19-13-22(29)15-23(30)14-19/h5,7-8,10,13-16,20-21,27,34H,4,6,9,11-12,17-18H2,1H3/t20-,21-,27+/m1/s1. The molecule has 0 aliphatic carbocycles. The highest BCUT2D eigenvalue weighted by atomic mass is 19.1. The van der Waals surface area contributed by atoms with Crippen molar-refractivity contribution in [1.82, 2.24) is 9.88 Å². The van der Waals surface area contributed by atoms with Gasteiger partial charge in [-0.25, -0.2) is 13.2 Å². The molecule has 1 saturated heterocycles. The third-order valence-corrected chi connectivity index (χ3v) is 6.72. The molecule has 3 aromatic rings. The fraction of sp³-hybridized carbons (Fsp3) is 0.393. The number of fused-ring (bicyclic) bond motifs is 1. The molecule has 1 aliphatic heterocycles. The number of hydrogen-bond acceptors (Lipinski definition) is 4. The van der Waals surface area contributed by atoms with Crippen molar-refractivity contribution < 1.29 is 23.0 Å². The number of aliphatic hydroxyl groups is 1. The van der Waals surface area contributed by atoms with Crippen LogP contribution in [0.15, 0.2) is 48.7 Å². The van der Waals surface area contributed by atoms with Crippen LogP contribution in [0.3, 0.4) is 0 Å². The van der Waals surface area contributed by atoms with Gasteiger partial charge in [0.05, 0.1) is 19.2 Å². The van der Waals surface area contributed by atoms with Gasteiger partial charge in [0.25, 0.3) is 0 Å². The first-order valence-corrected chi connectivity index (χ1v) is 11.8. The Morgan fingerprint density at radius 1 is 1.14 bits per heavy atom. The average Bonchev–Trinajstić information content (AvgIpc) is 2.86. The quantitative estimate of drug-likeness (QED) is 0.465. The van der Waals surface area contributed by atoms with E-state index < -0.39 is 17.8 Å². The van der Waals surface area contributed by atoms with Crippen LogP contribution in [0.1, 0.15) is 36.6 Å². The zero-order chi connectivity index (χ0) is 24.8. The molecule has 0 unspecified atom stereocenters. The summed E-state index contributed by atoms with van der Waals surface area (Å²) in [7, 11) is 1.58. The van der Waals surface area contributed by atoms with Gasteiger partial charge in [0.15, 0.2) is 0 Å². The van der Waals surface area contributed by atoms with Gasteiger partial charge in [-0.1, -0.05) is 11.8 Å². The summed E-state index contributed by atoms with van der Waals surface area (Å²) in [5.74, 6) is 5.37. The molecule has 4 nitrogen and oxygen atoms in total. The molecule has 4 rings (SSSR count). The van der Waals surface area contributed by atoms with E-state index in [9.17, 15) is 13.9 Å². The van der Waals surface area contributed by atoms with E-state index in [4.69, 9.17) is 4.74 Å². The molecule has 1 N–H and O–H groups in total. The summed E-state index contributed by atoms with van der Waals surface area (Å²) in [4.78, 5) is 6.45. The Morgan fingerprint density at radius 2 is 1.94 bits per heavy atom. The number of halogens is 3. The molecule has 0 radical (unpaired) electrons. The maximum absolute atomic E-state index is 15.3. The lowest BCUT2D eigenvalue weighted by Gasteiger charge is -2.37. The number of likely N-dealkylation sites (tertiary alicyclic amines) is 1. The van der Waals surface area contributed by atoms with E-state index in [-0.39, 0.29) is 18.4 Å². The number of methoxy groups -OCH3 is 1. The highest BCUT2D eigenvalue weighted by molar-refractivity contribution is 5.83. The zero-order valence-corrected chi connectivity index (χ0v) is 19.7. The second kappa shape index (κ2) is 11.6. The van der Waals surface area contributed by atoms with Gasteiger partial charge in [-0.05, 0) is 79.6 Å². The van der Waals surface area contributed by atoms with Crippen LogP contribution in [0, 0.1) is 35.3 Å². The van der Waals surface area contributed by atoms with Crippen molar-refractivity contribution in [3.63, 3.8) is 0 Å². The van der Waals surface area contributed by atoms with Gasteiger partial charge in [0, 0.05) is 36.4 Å². The second-order valence-electron chi connectivity index (χ2n) is 9.01. The van der Waals surface area contributed by atoms with Crippen molar-refractivity contribution in [1.29, 1.82) is 0 Å². The first-order chi connectivity index (χ1) is 17.0. The summed E-state index contributed by atoms with van der Waals surface area (Å²) in [6, 6.07) is 10.4. The highest BCUT2D eigenvalue weighted by Crippen LogP contribution is 2.35. The summed E-state index contributed by atoms with van der Waals surface area (Å²) in [5.41, 5.74) is 1.64. The molecule has 3 atom stereocenters. The fourth-order valence-corrected chi connectivity index (χ4v) is 4.83. The molecule has 1 aromatic heterocycles. The molecule has 184 valence electrons. The van der Waals surface area contributed by atoms with Crippen molar-refractivity contribution in [3.05, 3.63) is 71.4 Å². The minimum atomic E-state index is -1.14. The van der Waals surface area contributed by atoms with Crippen LogP contribution in [-0.2, 0) is 0 Å². The Bertz CT molecular complexity index is 1200. The van der Waals surface area contributed by atoms with Gasteiger partial charge in [0.2, 0.25) is 0 Å². The first-order valence-electron chi connectivity index (χ1n) is 11.8. The fourth-order valence-electron chi connectivity index (χ4n) is 4.83. The second-order valence-corrected chi connectivity index (χ2v) is 9.01. The van der Waals surface area contributed by atoms with Crippen LogP contribution < -0.4 is 4.74 Å². The largest absolute Gasteiger partial charge is 0.497 e. The molecule has 1 aliphatic rings. The number of aromatic nitrogens is 1. The number of nitrogens with zero attached hydrogens (tertiary/aromatic N) is 2. The van der Waals surface area contributed by atoms with Gasteiger partial charge in [0.1, 0.15) is 23.6 Å². The molecular weight excluding hydrogens is 453 g/mol. The van der Waals surface area contributed by atoms with E-state index in [0.29, 0.717) is 42.8 Å². The summed E-state index contributed by atoms with van der Waals surface area (Å²) in [6.07, 6.45) is 2.36. The van der Waals surface area contributed by atoms with Crippen LogP contribution in [-0.4, -0.2) is 48.3 Å². The van der Waals surface area contributed by atoms with Crippen molar-refractivity contribution in [2.45, 2.75) is 25.4 Å². The zero-order valence-electron chi connectivity index (χ0n) is 19.7. The first kappa shape index (κ1) is 25.0. The third kappa shape index (κ3) is 6.33. The van der Waals surface area contributed by atoms with Crippen molar-refractivity contribution in [3.8, 4) is 17.6 Å². The molecular formula is C28H29F3N2O2. The van der Waals surface area contributed by atoms with Crippen molar-refractivity contribution in [2.24, 2.45) is 11.8 Å². The number of piperidine rings is 1. The number of aliphatic hydroxyl groups excluding tert-OH is 1. The molecule has 1 fully saturated rings. The van der Waals surface area contributed by atoms with Crippen LogP contribution >= 0.6 is 0 Å². The van der Waals surface area contributed by atoms with E-state index in [2.05, 4.69) is 21.7 Å². The molecule has 2 aromatic carbocycles. The van der Waals surface area contributed by atoms with Gasteiger partial charge < -0.3 is 9.84 Å². The number of hydrogen-bond donors (Lipinski definition) is 1. The Kier molecular flexibility index (Phi) is 8.27. The van der Waals surface area contributed by atoms with E-state index in [1.807, 2.05) is 18.2 Å². The Morgan fingerprint density at radius 3 is 2.69 bits per heavy atom. The Hall–Kier alpha value is -3.08. The molecule has 0 amide bonds. The van der Waals surface area contributed by atoms with Crippen molar-refractivity contribution in [2.75, 3.05) is 33.4 Å². The predicted molar refractivity (Wildman–Crippen MR) is 130 cm³/mol. The SMILES string of the molecule is COc1ccc2nccc([C@@H](F)CC[C@@H]3CCN(CC#Cc4cc(F)cc(F)c4)C[C@@H]3CO)c2c1. The average molecular weight is 483 g/mol. The minimum absolute atomic E-state index is 0.0239. The summed E-state index contributed by atoms with van der Waals surface area (Å²) in [6.45, 7) is 1.90. The van der Waals surface area contributed by atoms with Crippen LogP contribution in [0.25, 0.3) is 10.9 Å². The third-order valence-electron chi connectivity index (χ3n) is 6.72. The maximum Gasteiger partial charge on any atom is 0.127 e. The summed E-state index contributed by atoms with van der Waals surface area (Å²) in [5, 5.41) is 10.7. The summed E-state index contributed by atoms with van der Waals surface area (Å²) < 4.78 is 47.3. The summed E-state index contributed by atoms with van der Waals surface area (Å²) >= 11 is 0. The van der Waals surface area contributed by atoms with Gasteiger partial charge in [-0.2, -0.15) is 0 Å². The monoisotopic (exact) mass is 482 g/mol. The predicted octanol–water partition coefficient (Wildman–Crippen LogP) is 5.29. The van der Waals surface area contributed by atoms with E-state index >= 15 is 4.39 Å². The van der Waals surface area contributed by atoms with Crippen LogP contribution in [0.5, 0.6) is 5.75 Å². The Balaban J connectivity index is 1.34. The number of pyridine rings is 1. The van der Waals surface area contributed by atoms with Crippen LogP contribution in [0.2, 0.25) is 0 Å². The van der Waals surface area contributed by atoms with E-state index in [0.717, 1.165) is 29.9 Å². The van der Waals surface area contributed by atoms with Gasteiger partial charge in [-0.15, -0.1) is 0 Å². The maximum atomic E-state index is 15.3. The molecule has 0 bridgehead atoms. The lowest BCUT2D eigenvalue weighted by atomic mass is 9.81. The van der Waals surface area contributed by atoms with Crippen LogP contribution in [0.4, 0.5) is 13.2 Å². The minimum Gasteiger partial charge on any atom is -0.497 e. The van der Waals surface area contributed by atoms with Crippen molar-refractivity contribution >= 4 is 10.9 Å². The van der Waals surface area contributed by atoms with Gasteiger partial charge in [-0.3, -0.25) is 9.88 Å². The lowest BCUT2D eigenvalue weighted by Crippen LogP contribution is -2.42. The molecule has 35 heavy (non-hydrogen) atoms. The number of benzene rings is 2. The molecule has 0 spiro atoms. The smallest absolute Gasteiger partial charge is 0.127 e. The molecule has 0 saturated carbocycles. The lowest BCUT2D eigenvalue weighted by molar-refractivity contribution is 0.0708. The van der Waals surface area contributed by atoms with E-state index in [1.165, 1.54) is 12.1 Å². The normalized spacial score (nSPS) is 19.2. The topological polar surface area (TPSA) is 45.6 Å². The number of ether oxygens (including phenoxy) is 1. The number of alkyl halides is 1.